The maximum Gasteiger partial charge on any atom is 0.310 e. The first kappa shape index (κ1) is 25.4. The summed E-state index contributed by atoms with van der Waals surface area (Å²) in [6.45, 7) is 9.47. The van der Waals surface area contributed by atoms with Crippen molar-refractivity contribution in [3.05, 3.63) is 48.6 Å². The summed E-state index contributed by atoms with van der Waals surface area (Å²) in [4.78, 5) is 44.0. The Balaban J connectivity index is 1.87. The van der Waals surface area contributed by atoms with E-state index in [2.05, 4.69) is 6.58 Å². The van der Waals surface area contributed by atoms with Crippen LogP contribution < -0.4 is 0 Å². The molecule has 0 aromatic heterocycles. The van der Waals surface area contributed by atoms with Crippen LogP contribution in [0.4, 0.5) is 0 Å². The van der Waals surface area contributed by atoms with Gasteiger partial charge >= 0.3 is 5.97 Å². The number of ether oxygens (including phenoxy) is 1. The number of amides is 2. The zero-order valence-electron chi connectivity index (χ0n) is 20.7. The van der Waals surface area contributed by atoms with Crippen molar-refractivity contribution >= 4 is 17.8 Å². The molecule has 8 nitrogen and oxygen atoms in total. The van der Waals surface area contributed by atoms with E-state index in [1.54, 1.807) is 30.0 Å². The zero-order valence-corrected chi connectivity index (χ0v) is 20.7. The van der Waals surface area contributed by atoms with Gasteiger partial charge in [-0.3, -0.25) is 14.4 Å². The summed E-state index contributed by atoms with van der Waals surface area (Å²) in [5.74, 6) is -3.87. The summed E-state index contributed by atoms with van der Waals surface area (Å²) in [5, 5.41) is 20.6. The van der Waals surface area contributed by atoms with Crippen LogP contribution in [0.2, 0.25) is 0 Å². The molecule has 7 atom stereocenters. The van der Waals surface area contributed by atoms with Crippen molar-refractivity contribution in [2.24, 2.45) is 11.8 Å². The minimum atomic E-state index is -1.25. The minimum absolute atomic E-state index is 0.105. The summed E-state index contributed by atoms with van der Waals surface area (Å²) >= 11 is 0. The first-order chi connectivity index (χ1) is 16.7. The van der Waals surface area contributed by atoms with Crippen molar-refractivity contribution in [1.82, 2.24) is 9.80 Å². The normalized spacial score (nSPS) is 32.9. The number of carboxylic acid groups (broad SMARTS) is 1. The van der Waals surface area contributed by atoms with E-state index in [-0.39, 0.29) is 11.9 Å². The fourth-order valence-electron chi connectivity index (χ4n) is 6.74. The standard InChI is InChI=1S/C27H36N2O6/c1-5-10-17(3)28(15-6-2)24(32)22-27-14-13-26(4,35-27)21(25(33)34)20(27)23(31)29(22)19(16-30)18-11-8-7-9-12-18/h6-9,11-12,17,19-22,30H,2,5,10,13-16H2,1,3-4H3,(H,33,34)/t17?,19-,20+,21+,22?,26-,27?/m1/s1. The van der Waals surface area contributed by atoms with Crippen molar-refractivity contribution < 1.29 is 29.3 Å². The average Bonchev–Trinajstić information content (AvgIpc) is 3.39. The minimum Gasteiger partial charge on any atom is -0.481 e. The van der Waals surface area contributed by atoms with Crippen LogP contribution >= 0.6 is 0 Å². The van der Waals surface area contributed by atoms with Gasteiger partial charge in [0.2, 0.25) is 11.8 Å². The number of carbonyl (C=O) groups is 3. The fourth-order valence-corrected chi connectivity index (χ4v) is 6.74. The third-order valence-electron chi connectivity index (χ3n) is 8.25. The lowest BCUT2D eigenvalue weighted by atomic mass is 9.66. The van der Waals surface area contributed by atoms with Crippen molar-refractivity contribution in [3.63, 3.8) is 0 Å². The summed E-state index contributed by atoms with van der Waals surface area (Å²) in [5.41, 5.74) is -1.59. The highest BCUT2D eigenvalue weighted by molar-refractivity contribution is 5.98. The number of hydrogen-bond acceptors (Lipinski definition) is 5. The maximum absolute atomic E-state index is 14.3. The molecule has 3 fully saturated rings. The molecular weight excluding hydrogens is 448 g/mol. The lowest BCUT2D eigenvalue weighted by molar-refractivity contribution is -0.159. The summed E-state index contributed by atoms with van der Waals surface area (Å²) in [6, 6.07) is 7.12. The van der Waals surface area contributed by atoms with Gasteiger partial charge in [-0.1, -0.05) is 49.8 Å². The van der Waals surface area contributed by atoms with Gasteiger partial charge in [-0.05, 0) is 38.7 Å². The monoisotopic (exact) mass is 484 g/mol. The predicted octanol–water partition coefficient (Wildman–Crippen LogP) is 2.77. The second kappa shape index (κ2) is 9.39. The van der Waals surface area contributed by atoms with Gasteiger partial charge in [-0.15, -0.1) is 6.58 Å². The molecule has 1 aromatic carbocycles. The van der Waals surface area contributed by atoms with E-state index in [9.17, 15) is 24.6 Å². The molecule has 0 radical (unpaired) electrons. The molecule has 3 heterocycles. The Morgan fingerprint density at radius 2 is 2.00 bits per heavy atom. The molecule has 0 aliphatic carbocycles. The largest absolute Gasteiger partial charge is 0.481 e. The number of likely N-dealkylation sites (tertiary alicyclic amines) is 1. The molecule has 2 N–H and O–H groups in total. The smallest absolute Gasteiger partial charge is 0.310 e. The molecule has 3 aliphatic rings. The molecular formula is C27H36N2O6. The van der Waals surface area contributed by atoms with E-state index in [1.807, 2.05) is 32.0 Å². The first-order valence-corrected chi connectivity index (χ1v) is 12.5. The summed E-state index contributed by atoms with van der Waals surface area (Å²) in [6.07, 6.45) is 4.17. The van der Waals surface area contributed by atoms with Crippen LogP contribution in [0, 0.1) is 11.8 Å². The van der Waals surface area contributed by atoms with Gasteiger partial charge in [0.05, 0.1) is 30.1 Å². The highest BCUT2D eigenvalue weighted by Crippen LogP contribution is 2.64. The molecule has 2 amide bonds. The SMILES string of the molecule is C=CCN(C(=O)C1N([C@H](CO)c2ccccc2)C(=O)[C@@H]2[C@@H](C(=O)O)[C@@]3(C)CCC12O3)C(C)CCC. The molecule has 3 unspecified atom stereocenters. The van der Waals surface area contributed by atoms with Crippen LogP contribution in [-0.4, -0.2) is 74.2 Å². The molecule has 3 saturated heterocycles. The van der Waals surface area contributed by atoms with Gasteiger partial charge in [0.1, 0.15) is 11.6 Å². The van der Waals surface area contributed by atoms with Gasteiger partial charge in [-0.25, -0.2) is 0 Å². The summed E-state index contributed by atoms with van der Waals surface area (Å²) < 4.78 is 6.48. The molecule has 0 saturated carbocycles. The second-order valence-electron chi connectivity index (χ2n) is 10.3. The highest BCUT2D eigenvalue weighted by atomic mass is 16.5. The average molecular weight is 485 g/mol. The molecule has 2 bridgehead atoms. The first-order valence-electron chi connectivity index (χ1n) is 12.5. The number of aliphatic hydroxyl groups is 1. The molecule has 4 rings (SSSR count). The Morgan fingerprint density at radius 3 is 2.57 bits per heavy atom. The van der Waals surface area contributed by atoms with Crippen LogP contribution in [0.1, 0.15) is 58.1 Å². The maximum atomic E-state index is 14.3. The van der Waals surface area contributed by atoms with Gasteiger partial charge in [-0.2, -0.15) is 0 Å². The van der Waals surface area contributed by atoms with Gasteiger partial charge < -0.3 is 24.7 Å². The number of fused-ring (bicyclic) bond motifs is 1. The third kappa shape index (κ3) is 3.78. The van der Waals surface area contributed by atoms with Crippen LogP contribution in [0.25, 0.3) is 0 Å². The quantitative estimate of drug-likeness (QED) is 0.495. The fraction of sp³-hybridized carbons (Fsp3) is 0.593. The number of nitrogens with zero attached hydrogens (tertiary/aromatic N) is 2. The predicted molar refractivity (Wildman–Crippen MR) is 129 cm³/mol. The topological polar surface area (TPSA) is 107 Å². The Hall–Kier alpha value is -2.71. The third-order valence-corrected chi connectivity index (χ3v) is 8.25. The van der Waals surface area contributed by atoms with E-state index in [4.69, 9.17) is 4.74 Å². The molecule has 1 aromatic rings. The number of carbonyl (C=O) groups excluding carboxylic acids is 2. The number of carboxylic acids is 1. The highest BCUT2D eigenvalue weighted by Gasteiger charge is 2.79. The number of rotatable bonds is 10. The summed E-state index contributed by atoms with van der Waals surface area (Å²) in [7, 11) is 0. The zero-order chi connectivity index (χ0) is 25.5. The Labute approximate surface area is 206 Å². The van der Waals surface area contributed by atoms with Gasteiger partial charge in [0.25, 0.3) is 0 Å². The molecule has 35 heavy (non-hydrogen) atoms. The van der Waals surface area contributed by atoms with E-state index in [1.165, 1.54) is 4.90 Å². The van der Waals surface area contributed by atoms with E-state index in [0.717, 1.165) is 12.8 Å². The molecule has 1 spiro atoms. The van der Waals surface area contributed by atoms with Crippen molar-refractivity contribution in [3.8, 4) is 0 Å². The Kier molecular flexibility index (Phi) is 6.81. The van der Waals surface area contributed by atoms with Crippen LogP contribution in [0.3, 0.4) is 0 Å². The number of hydrogen-bond donors (Lipinski definition) is 2. The Bertz CT molecular complexity index is 999. The van der Waals surface area contributed by atoms with Crippen LogP contribution in [0.15, 0.2) is 43.0 Å². The van der Waals surface area contributed by atoms with E-state index >= 15 is 0 Å². The molecule has 8 heteroatoms. The Morgan fingerprint density at radius 1 is 1.31 bits per heavy atom. The molecule has 190 valence electrons. The number of benzene rings is 1. The number of aliphatic hydroxyl groups excluding tert-OH is 1. The van der Waals surface area contributed by atoms with E-state index < -0.39 is 53.6 Å². The number of aliphatic carboxylic acids is 1. The van der Waals surface area contributed by atoms with Gasteiger partial charge in [0, 0.05) is 12.6 Å². The van der Waals surface area contributed by atoms with Crippen LogP contribution in [-0.2, 0) is 19.1 Å². The van der Waals surface area contributed by atoms with Crippen molar-refractivity contribution in [1.29, 1.82) is 0 Å². The lowest BCUT2D eigenvalue weighted by Crippen LogP contribution is -2.58. The van der Waals surface area contributed by atoms with Gasteiger partial charge in [0.15, 0.2) is 0 Å². The lowest BCUT2D eigenvalue weighted by Gasteiger charge is -2.41. The van der Waals surface area contributed by atoms with Crippen molar-refractivity contribution in [2.75, 3.05) is 13.2 Å². The second-order valence-corrected chi connectivity index (χ2v) is 10.3. The molecule has 3 aliphatic heterocycles. The van der Waals surface area contributed by atoms with E-state index in [0.29, 0.717) is 24.9 Å². The van der Waals surface area contributed by atoms with Crippen molar-refractivity contribution in [2.45, 2.75) is 75.8 Å². The van der Waals surface area contributed by atoms with Crippen LogP contribution in [0.5, 0.6) is 0 Å².